The number of nitrogens with one attached hydrogen (secondary N) is 1. The average molecular weight is 307 g/mol. The number of guanidine groups is 1. The molecule has 1 aromatic rings. The third-order valence-electron chi connectivity index (χ3n) is 4.50. The van der Waals surface area contributed by atoms with Crippen LogP contribution in [0.15, 0.2) is 23.2 Å². The van der Waals surface area contributed by atoms with E-state index in [1.807, 2.05) is 6.07 Å². The van der Waals surface area contributed by atoms with Crippen molar-refractivity contribution in [1.29, 1.82) is 0 Å². The normalized spacial score (nSPS) is 20.1. The molecule has 3 N–H and O–H groups in total. The van der Waals surface area contributed by atoms with Gasteiger partial charge in [-0.05, 0) is 55.4 Å². The zero-order chi connectivity index (χ0) is 15.1. The van der Waals surface area contributed by atoms with Gasteiger partial charge in [0, 0.05) is 11.9 Å². The van der Waals surface area contributed by atoms with Crippen LogP contribution in [0.25, 0.3) is 0 Å². The lowest BCUT2D eigenvalue weighted by molar-refractivity contribution is 0.583. The molecule has 0 saturated heterocycles. The van der Waals surface area contributed by atoms with Crippen LogP contribution in [0.1, 0.15) is 30.4 Å². The third-order valence-corrected chi connectivity index (χ3v) is 6.61. The summed E-state index contributed by atoms with van der Waals surface area (Å²) in [6.45, 7) is 0.246. The van der Waals surface area contributed by atoms with Gasteiger partial charge in [0.15, 0.2) is 15.8 Å². The number of benzene rings is 1. The van der Waals surface area contributed by atoms with E-state index in [2.05, 4.69) is 22.4 Å². The molecule has 2 aliphatic rings. The van der Waals surface area contributed by atoms with Crippen molar-refractivity contribution in [2.24, 2.45) is 10.7 Å². The fraction of sp³-hybridized carbons (Fsp3) is 0.533. The van der Waals surface area contributed by atoms with Gasteiger partial charge in [-0.2, -0.15) is 0 Å². The zero-order valence-corrected chi connectivity index (χ0v) is 13.0. The molecular weight excluding hydrogens is 286 g/mol. The summed E-state index contributed by atoms with van der Waals surface area (Å²) in [7, 11) is -3.06. The minimum absolute atomic E-state index is 0.246. The highest BCUT2D eigenvalue weighted by Crippen LogP contribution is 2.43. The topological polar surface area (TPSA) is 84.5 Å². The lowest BCUT2D eigenvalue weighted by Crippen LogP contribution is -2.29. The molecule has 0 amide bonds. The van der Waals surface area contributed by atoms with Crippen molar-refractivity contribution < 1.29 is 8.42 Å². The third kappa shape index (κ3) is 2.90. The largest absolute Gasteiger partial charge is 0.370 e. The van der Waals surface area contributed by atoms with Gasteiger partial charge in [-0.15, -0.1) is 0 Å². The van der Waals surface area contributed by atoms with Crippen molar-refractivity contribution in [3.05, 3.63) is 29.3 Å². The summed E-state index contributed by atoms with van der Waals surface area (Å²) < 4.78 is 22.7. The number of rotatable bonds is 4. The number of hydrogen-bond acceptors (Lipinski definition) is 3. The molecule has 2 aliphatic carbocycles. The van der Waals surface area contributed by atoms with Gasteiger partial charge in [-0.3, -0.25) is 4.99 Å². The SMILES string of the molecule is CS(=O)(=O)C1(CN=C(N)Nc2ccc3c(c2)CCC3)CC1. The average Bonchev–Trinajstić information content (AvgIpc) is 3.08. The Kier molecular flexibility index (Phi) is 3.43. The molecule has 1 fully saturated rings. The number of nitrogens with two attached hydrogens (primary N) is 1. The van der Waals surface area contributed by atoms with E-state index >= 15 is 0 Å². The second-order valence-electron chi connectivity index (χ2n) is 6.12. The number of hydrogen-bond donors (Lipinski definition) is 2. The Morgan fingerprint density at radius 3 is 2.71 bits per heavy atom. The van der Waals surface area contributed by atoms with Gasteiger partial charge in [0.25, 0.3) is 0 Å². The number of fused-ring (bicyclic) bond motifs is 1. The van der Waals surface area contributed by atoms with Crippen molar-refractivity contribution in [3.8, 4) is 0 Å². The summed E-state index contributed by atoms with van der Waals surface area (Å²) in [4.78, 5) is 4.22. The van der Waals surface area contributed by atoms with E-state index in [9.17, 15) is 8.42 Å². The number of sulfone groups is 1. The van der Waals surface area contributed by atoms with Crippen LogP contribution in [-0.2, 0) is 22.7 Å². The molecule has 114 valence electrons. The first-order valence-corrected chi connectivity index (χ1v) is 9.17. The maximum absolute atomic E-state index is 11.7. The van der Waals surface area contributed by atoms with Crippen LogP contribution in [0.2, 0.25) is 0 Å². The molecule has 0 unspecified atom stereocenters. The van der Waals surface area contributed by atoms with Gasteiger partial charge < -0.3 is 11.1 Å². The Balaban J connectivity index is 1.66. The number of anilines is 1. The van der Waals surface area contributed by atoms with Gasteiger partial charge in [-0.1, -0.05) is 6.07 Å². The number of nitrogens with zero attached hydrogens (tertiary/aromatic N) is 1. The monoisotopic (exact) mass is 307 g/mol. The molecule has 21 heavy (non-hydrogen) atoms. The predicted octanol–water partition coefficient (Wildman–Crippen LogP) is 1.48. The van der Waals surface area contributed by atoms with E-state index in [0.717, 1.165) is 18.5 Å². The summed E-state index contributed by atoms with van der Waals surface area (Å²) in [6.07, 6.45) is 6.11. The highest BCUT2D eigenvalue weighted by Gasteiger charge is 2.51. The van der Waals surface area contributed by atoms with E-state index in [4.69, 9.17) is 5.73 Å². The Labute approximate surface area is 125 Å². The van der Waals surface area contributed by atoms with E-state index in [0.29, 0.717) is 12.8 Å². The molecule has 0 heterocycles. The molecule has 0 aliphatic heterocycles. The van der Waals surface area contributed by atoms with Crippen LogP contribution >= 0.6 is 0 Å². The molecule has 0 aromatic heterocycles. The van der Waals surface area contributed by atoms with Crippen molar-refractivity contribution in [2.45, 2.75) is 36.9 Å². The van der Waals surface area contributed by atoms with Gasteiger partial charge in [-0.25, -0.2) is 8.42 Å². The first-order valence-electron chi connectivity index (χ1n) is 7.28. The molecular formula is C15H21N3O2S. The van der Waals surface area contributed by atoms with E-state index in [1.54, 1.807) is 0 Å². The number of aryl methyl sites for hydroxylation is 2. The lowest BCUT2D eigenvalue weighted by Gasteiger charge is -2.11. The van der Waals surface area contributed by atoms with Crippen molar-refractivity contribution in [2.75, 3.05) is 18.1 Å². The highest BCUT2D eigenvalue weighted by atomic mass is 32.2. The Morgan fingerprint density at radius 2 is 2.05 bits per heavy atom. The van der Waals surface area contributed by atoms with Crippen LogP contribution in [0.5, 0.6) is 0 Å². The van der Waals surface area contributed by atoms with E-state index in [1.165, 1.54) is 23.8 Å². The van der Waals surface area contributed by atoms with Crippen molar-refractivity contribution in [1.82, 2.24) is 0 Å². The molecule has 1 aromatic carbocycles. The van der Waals surface area contributed by atoms with E-state index < -0.39 is 14.6 Å². The van der Waals surface area contributed by atoms with Gasteiger partial charge >= 0.3 is 0 Å². The summed E-state index contributed by atoms with van der Waals surface area (Å²) in [5.41, 5.74) is 9.56. The van der Waals surface area contributed by atoms with Crippen LogP contribution in [-0.4, -0.2) is 31.9 Å². The van der Waals surface area contributed by atoms with Crippen LogP contribution in [0.3, 0.4) is 0 Å². The minimum Gasteiger partial charge on any atom is -0.370 e. The number of aliphatic imine (C=N–C) groups is 1. The highest BCUT2D eigenvalue weighted by molar-refractivity contribution is 7.92. The fourth-order valence-corrected chi connectivity index (χ4v) is 3.99. The molecule has 0 bridgehead atoms. The predicted molar refractivity (Wildman–Crippen MR) is 85.4 cm³/mol. The van der Waals surface area contributed by atoms with Crippen LogP contribution < -0.4 is 11.1 Å². The van der Waals surface area contributed by atoms with Gasteiger partial charge in [0.2, 0.25) is 0 Å². The minimum atomic E-state index is -3.06. The molecule has 3 rings (SSSR count). The maximum atomic E-state index is 11.7. The second kappa shape index (κ2) is 5.02. The fourth-order valence-electron chi connectivity index (χ4n) is 2.85. The molecule has 6 heteroatoms. The zero-order valence-electron chi connectivity index (χ0n) is 12.2. The van der Waals surface area contributed by atoms with Crippen molar-refractivity contribution in [3.63, 3.8) is 0 Å². The molecule has 0 spiro atoms. The van der Waals surface area contributed by atoms with Crippen molar-refractivity contribution >= 4 is 21.5 Å². The Hall–Kier alpha value is -1.56. The quantitative estimate of drug-likeness (QED) is 0.652. The summed E-state index contributed by atoms with van der Waals surface area (Å²) in [5.74, 6) is 0.280. The first kappa shape index (κ1) is 14.4. The smallest absolute Gasteiger partial charge is 0.193 e. The first-order chi connectivity index (χ1) is 9.90. The van der Waals surface area contributed by atoms with Crippen LogP contribution in [0, 0.1) is 0 Å². The standard InChI is InChI=1S/C15H21N3O2S/c1-21(19,20)15(7-8-15)10-17-14(16)18-13-6-5-11-3-2-4-12(11)9-13/h5-6,9H,2-4,7-8,10H2,1H3,(H3,16,17,18). The Morgan fingerprint density at radius 1 is 1.33 bits per heavy atom. The van der Waals surface area contributed by atoms with Crippen LogP contribution in [0.4, 0.5) is 5.69 Å². The molecule has 0 atom stereocenters. The maximum Gasteiger partial charge on any atom is 0.193 e. The Bertz CT molecular complexity index is 691. The molecule has 1 saturated carbocycles. The second-order valence-corrected chi connectivity index (χ2v) is 8.53. The summed E-state index contributed by atoms with van der Waals surface area (Å²) in [5, 5.41) is 3.06. The van der Waals surface area contributed by atoms with E-state index in [-0.39, 0.29) is 12.5 Å². The summed E-state index contributed by atoms with van der Waals surface area (Å²) >= 11 is 0. The van der Waals surface area contributed by atoms with Gasteiger partial charge in [0.05, 0.1) is 11.3 Å². The lowest BCUT2D eigenvalue weighted by atomic mass is 10.1. The molecule has 5 nitrogen and oxygen atoms in total. The summed E-state index contributed by atoms with van der Waals surface area (Å²) in [6, 6.07) is 6.22. The molecule has 0 radical (unpaired) electrons. The van der Waals surface area contributed by atoms with Gasteiger partial charge in [0.1, 0.15) is 0 Å².